The van der Waals surface area contributed by atoms with E-state index in [-0.39, 0.29) is 0 Å². The SMILES string of the molecule is CCC(C)C(C)n1c(C2CC2)nc2c1CCNC2. The number of hydrogen-bond donors (Lipinski definition) is 1. The van der Waals surface area contributed by atoms with Crippen LogP contribution >= 0.6 is 0 Å². The number of nitrogens with zero attached hydrogens (tertiary/aromatic N) is 2. The van der Waals surface area contributed by atoms with Gasteiger partial charge in [-0.2, -0.15) is 0 Å². The molecule has 0 bridgehead atoms. The summed E-state index contributed by atoms with van der Waals surface area (Å²) >= 11 is 0. The first kappa shape index (κ1) is 12.2. The minimum Gasteiger partial charge on any atom is -0.328 e. The van der Waals surface area contributed by atoms with Gasteiger partial charge in [-0.3, -0.25) is 0 Å². The van der Waals surface area contributed by atoms with E-state index in [1.807, 2.05) is 0 Å². The number of nitrogens with one attached hydrogen (secondary N) is 1. The minimum absolute atomic E-state index is 0.597. The third kappa shape index (κ3) is 1.99. The van der Waals surface area contributed by atoms with Crippen LogP contribution in [0, 0.1) is 5.92 Å². The first-order valence-electron chi connectivity index (χ1n) is 7.53. The van der Waals surface area contributed by atoms with Crippen LogP contribution in [0.25, 0.3) is 0 Å². The number of fused-ring (bicyclic) bond motifs is 1. The molecule has 1 aliphatic heterocycles. The topological polar surface area (TPSA) is 29.9 Å². The van der Waals surface area contributed by atoms with E-state index < -0.39 is 0 Å². The van der Waals surface area contributed by atoms with Crippen molar-refractivity contribution in [2.24, 2.45) is 5.92 Å². The van der Waals surface area contributed by atoms with Crippen molar-refractivity contribution in [3.63, 3.8) is 0 Å². The molecule has 0 spiro atoms. The van der Waals surface area contributed by atoms with E-state index in [9.17, 15) is 0 Å². The monoisotopic (exact) mass is 247 g/mol. The molecule has 1 aromatic rings. The second-order valence-electron chi connectivity index (χ2n) is 6.06. The maximum absolute atomic E-state index is 4.95. The number of aromatic nitrogens is 2. The summed E-state index contributed by atoms with van der Waals surface area (Å²) < 4.78 is 2.60. The fraction of sp³-hybridized carbons (Fsp3) is 0.800. The molecule has 1 aliphatic carbocycles. The molecule has 18 heavy (non-hydrogen) atoms. The van der Waals surface area contributed by atoms with Crippen LogP contribution in [0.15, 0.2) is 0 Å². The molecule has 0 amide bonds. The van der Waals surface area contributed by atoms with E-state index in [2.05, 4.69) is 30.7 Å². The van der Waals surface area contributed by atoms with Crippen molar-refractivity contribution in [1.82, 2.24) is 14.9 Å². The Morgan fingerprint density at radius 1 is 1.39 bits per heavy atom. The van der Waals surface area contributed by atoms with E-state index in [0.717, 1.165) is 31.3 Å². The molecule has 3 rings (SSSR count). The standard InChI is InChI=1S/C15H25N3/c1-4-10(2)11(3)18-14-7-8-16-9-13(14)17-15(18)12-5-6-12/h10-12,16H,4-9H2,1-3H3. The molecule has 3 nitrogen and oxygen atoms in total. The normalized spacial score (nSPS) is 22.6. The maximum Gasteiger partial charge on any atom is 0.112 e. The summed E-state index contributed by atoms with van der Waals surface area (Å²) in [6.07, 6.45) is 5.08. The van der Waals surface area contributed by atoms with Crippen LogP contribution in [0.2, 0.25) is 0 Å². The zero-order valence-electron chi connectivity index (χ0n) is 11.9. The zero-order chi connectivity index (χ0) is 12.7. The van der Waals surface area contributed by atoms with Crippen LogP contribution in [0.5, 0.6) is 0 Å². The van der Waals surface area contributed by atoms with Gasteiger partial charge in [-0.25, -0.2) is 4.98 Å². The van der Waals surface area contributed by atoms with E-state index >= 15 is 0 Å². The predicted octanol–water partition coefficient (Wildman–Crippen LogP) is 3.01. The molecular formula is C15H25N3. The van der Waals surface area contributed by atoms with Gasteiger partial charge >= 0.3 is 0 Å². The van der Waals surface area contributed by atoms with Crippen LogP contribution in [-0.4, -0.2) is 16.1 Å². The summed E-state index contributed by atoms with van der Waals surface area (Å²) in [6.45, 7) is 9.12. The second kappa shape index (κ2) is 4.69. The molecule has 1 saturated carbocycles. The largest absolute Gasteiger partial charge is 0.328 e. The molecule has 1 fully saturated rings. The Kier molecular flexibility index (Phi) is 3.18. The highest BCUT2D eigenvalue weighted by molar-refractivity contribution is 5.25. The molecule has 2 aliphatic rings. The van der Waals surface area contributed by atoms with Crippen LogP contribution in [0.4, 0.5) is 0 Å². The van der Waals surface area contributed by atoms with Crippen molar-refractivity contribution in [3.05, 3.63) is 17.2 Å². The Bertz CT molecular complexity index is 431. The van der Waals surface area contributed by atoms with E-state index in [1.165, 1.54) is 36.5 Å². The van der Waals surface area contributed by atoms with E-state index in [4.69, 9.17) is 4.98 Å². The van der Waals surface area contributed by atoms with Crippen LogP contribution in [-0.2, 0) is 13.0 Å². The smallest absolute Gasteiger partial charge is 0.112 e. The Hall–Kier alpha value is -0.830. The van der Waals surface area contributed by atoms with Crippen LogP contribution in [0.3, 0.4) is 0 Å². The molecule has 2 heterocycles. The van der Waals surface area contributed by atoms with Gasteiger partial charge in [0.2, 0.25) is 0 Å². The Labute approximate surface area is 110 Å². The van der Waals surface area contributed by atoms with Gasteiger partial charge in [0.15, 0.2) is 0 Å². The first-order valence-corrected chi connectivity index (χ1v) is 7.53. The molecule has 0 saturated heterocycles. The van der Waals surface area contributed by atoms with Gasteiger partial charge in [0.1, 0.15) is 5.82 Å². The summed E-state index contributed by atoms with van der Waals surface area (Å²) in [7, 11) is 0. The highest BCUT2D eigenvalue weighted by Crippen LogP contribution is 2.42. The second-order valence-corrected chi connectivity index (χ2v) is 6.06. The third-order valence-corrected chi connectivity index (χ3v) is 4.77. The summed E-state index contributed by atoms with van der Waals surface area (Å²) in [6, 6.07) is 0.597. The molecule has 1 aromatic heterocycles. The third-order valence-electron chi connectivity index (χ3n) is 4.77. The predicted molar refractivity (Wildman–Crippen MR) is 73.8 cm³/mol. The van der Waals surface area contributed by atoms with E-state index in [1.54, 1.807) is 0 Å². The van der Waals surface area contributed by atoms with Crippen molar-refractivity contribution in [1.29, 1.82) is 0 Å². The van der Waals surface area contributed by atoms with Crippen molar-refractivity contribution in [3.8, 4) is 0 Å². The molecule has 2 unspecified atom stereocenters. The minimum atomic E-state index is 0.597. The lowest BCUT2D eigenvalue weighted by molar-refractivity contribution is 0.351. The van der Waals surface area contributed by atoms with Gasteiger partial charge in [0.25, 0.3) is 0 Å². The molecule has 1 N–H and O–H groups in total. The Morgan fingerprint density at radius 3 is 2.83 bits per heavy atom. The molecule has 100 valence electrons. The molecule has 0 radical (unpaired) electrons. The number of rotatable bonds is 4. The summed E-state index contributed by atoms with van der Waals surface area (Å²) in [5, 5.41) is 3.45. The van der Waals surface area contributed by atoms with Gasteiger partial charge in [-0.05, 0) is 25.7 Å². The number of imidazole rings is 1. The van der Waals surface area contributed by atoms with E-state index in [0.29, 0.717) is 6.04 Å². The average Bonchev–Trinajstić information content (AvgIpc) is 3.17. The lowest BCUT2D eigenvalue weighted by Crippen LogP contribution is -2.27. The molecule has 0 aromatic carbocycles. The Balaban J connectivity index is 2.01. The van der Waals surface area contributed by atoms with Crippen molar-refractivity contribution < 1.29 is 0 Å². The lowest BCUT2D eigenvalue weighted by atomic mass is 9.99. The fourth-order valence-electron chi connectivity index (χ4n) is 3.03. The molecular weight excluding hydrogens is 222 g/mol. The lowest BCUT2D eigenvalue weighted by Gasteiger charge is -2.26. The highest BCUT2D eigenvalue weighted by Gasteiger charge is 2.33. The fourth-order valence-corrected chi connectivity index (χ4v) is 3.03. The zero-order valence-corrected chi connectivity index (χ0v) is 11.9. The van der Waals surface area contributed by atoms with Crippen molar-refractivity contribution >= 4 is 0 Å². The average molecular weight is 247 g/mol. The summed E-state index contributed by atoms with van der Waals surface area (Å²) in [4.78, 5) is 4.95. The molecule has 3 heteroatoms. The van der Waals surface area contributed by atoms with Gasteiger partial charge in [0.05, 0.1) is 5.69 Å². The molecule has 2 atom stereocenters. The van der Waals surface area contributed by atoms with Crippen LogP contribution < -0.4 is 5.32 Å². The highest BCUT2D eigenvalue weighted by atomic mass is 15.2. The van der Waals surface area contributed by atoms with Gasteiger partial charge in [-0.15, -0.1) is 0 Å². The number of hydrogen-bond acceptors (Lipinski definition) is 2. The quantitative estimate of drug-likeness (QED) is 0.886. The van der Waals surface area contributed by atoms with Crippen molar-refractivity contribution in [2.45, 2.75) is 65.0 Å². The van der Waals surface area contributed by atoms with Crippen molar-refractivity contribution in [2.75, 3.05) is 6.54 Å². The van der Waals surface area contributed by atoms with Gasteiger partial charge < -0.3 is 9.88 Å². The Morgan fingerprint density at radius 2 is 2.17 bits per heavy atom. The first-order chi connectivity index (χ1) is 8.72. The summed E-state index contributed by atoms with van der Waals surface area (Å²) in [5.74, 6) is 2.87. The van der Waals surface area contributed by atoms with Gasteiger partial charge in [-0.1, -0.05) is 20.3 Å². The van der Waals surface area contributed by atoms with Gasteiger partial charge in [0, 0.05) is 37.2 Å². The maximum atomic E-state index is 4.95. The summed E-state index contributed by atoms with van der Waals surface area (Å²) in [5.41, 5.74) is 2.83. The van der Waals surface area contributed by atoms with Crippen LogP contribution in [0.1, 0.15) is 69.2 Å².